The summed E-state index contributed by atoms with van der Waals surface area (Å²) in [5.41, 5.74) is 0. The average molecular weight is 383 g/mol. The lowest BCUT2D eigenvalue weighted by Crippen LogP contribution is -2.45. The molecule has 0 aromatic heterocycles. The predicted octanol–water partition coefficient (Wildman–Crippen LogP) is 5.28. The van der Waals surface area contributed by atoms with Gasteiger partial charge in [0.15, 0.2) is 0 Å². The molecule has 0 rings (SSSR count). The van der Waals surface area contributed by atoms with Gasteiger partial charge in [-0.25, -0.2) is 9.79 Å². The second-order valence-electron chi connectivity index (χ2n) is 9.19. The Bertz CT molecular complexity index is 378. The van der Waals surface area contributed by atoms with Crippen molar-refractivity contribution in [1.29, 1.82) is 0 Å². The molecule has 0 N–H and O–H groups in total. The van der Waals surface area contributed by atoms with Gasteiger partial charge in [-0.2, -0.15) is 0 Å². The summed E-state index contributed by atoms with van der Waals surface area (Å²) in [6.07, 6.45) is 16.8. The Hall–Kier alpha value is -0.700. The molecule has 4 heteroatoms. The molecule has 0 amide bonds. The average Bonchev–Trinajstić information content (AvgIpc) is 2.64. The zero-order valence-electron chi connectivity index (χ0n) is 19.1. The number of unbranched alkanes of at least 4 members (excludes halogenated alkanes) is 9. The number of aliphatic imine (C=N–C) groups is 1. The number of isocyanates is 1. The molecule has 0 bridgehead atoms. The maximum Gasteiger partial charge on any atom is 0.234 e. The largest absolute Gasteiger partial charge is 0.327 e. The van der Waals surface area contributed by atoms with Gasteiger partial charge in [-0.15, -0.1) is 0 Å². The summed E-state index contributed by atoms with van der Waals surface area (Å²) in [5.74, 6) is 0.461. The maximum atomic E-state index is 10.2. The highest BCUT2D eigenvalue weighted by Crippen LogP contribution is 2.12. The van der Waals surface area contributed by atoms with E-state index in [2.05, 4.69) is 44.9 Å². The van der Waals surface area contributed by atoms with E-state index in [1.165, 1.54) is 77.3 Å². The van der Waals surface area contributed by atoms with Crippen molar-refractivity contribution in [3.8, 4) is 0 Å². The van der Waals surface area contributed by atoms with Crippen LogP contribution in [-0.2, 0) is 4.79 Å². The van der Waals surface area contributed by atoms with Gasteiger partial charge in [0.2, 0.25) is 6.08 Å². The zero-order valence-corrected chi connectivity index (χ0v) is 19.1. The van der Waals surface area contributed by atoms with E-state index in [-0.39, 0.29) is 0 Å². The summed E-state index contributed by atoms with van der Waals surface area (Å²) < 4.78 is 1.12. The van der Waals surface area contributed by atoms with Crippen LogP contribution in [0.1, 0.15) is 84.5 Å². The molecule has 1 atom stereocenters. The van der Waals surface area contributed by atoms with Crippen molar-refractivity contribution in [1.82, 2.24) is 4.90 Å². The summed E-state index contributed by atoms with van der Waals surface area (Å²) in [6, 6.07) is 0. The molecule has 0 spiro atoms. The Morgan fingerprint density at radius 3 is 2.00 bits per heavy atom. The van der Waals surface area contributed by atoms with Crippen molar-refractivity contribution in [3.63, 3.8) is 0 Å². The lowest BCUT2D eigenvalue weighted by atomic mass is 10.1. The van der Waals surface area contributed by atoms with Gasteiger partial charge >= 0.3 is 0 Å². The number of nitrogens with zero attached hydrogens (tertiary/aromatic N) is 3. The highest BCUT2D eigenvalue weighted by Gasteiger charge is 2.15. The van der Waals surface area contributed by atoms with Gasteiger partial charge in [0.05, 0.1) is 33.7 Å². The molecule has 0 heterocycles. The van der Waals surface area contributed by atoms with E-state index < -0.39 is 0 Å². The first-order chi connectivity index (χ1) is 12.9. The molecule has 0 radical (unpaired) electrons. The summed E-state index contributed by atoms with van der Waals surface area (Å²) >= 11 is 0. The number of likely N-dealkylation sites (N-methyl/N-ethyl adjacent to an activating group) is 2. The topological polar surface area (TPSA) is 32.7 Å². The monoisotopic (exact) mass is 382 g/mol. The molecule has 0 saturated heterocycles. The number of hydrogen-bond donors (Lipinski definition) is 0. The number of rotatable bonds is 19. The van der Waals surface area contributed by atoms with Gasteiger partial charge in [-0.3, -0.25) is 0 Å². The maximum absolute atomic E-state index is 10.2. The molecule has 0 aliphatic carbocycles. The van der Waals surface area contributed by atoms with Crippen LogP contribution in [0, 0.1) is 5.92 Å². The molecule has 0 aromatic carbocycles. The molecule has 1 unspecified atom stereocenters. The first kappa shape index (κ1) is 26.3. The minimum Gasteiger partial charge on any atom is -0.327 e. The highest BCUT2D eigenvalue weighted by atomic mass is 16.1. The Labute approximate surface area is 170 Å². The minimum atomic E-state index is 0.461. The fourth-order valence-electron chi connectivity index (χ4n) is 3.42. The SMILES string of the molecule is CCCCCCCCCCCC[N+](C)(C)CCN(C)CCC(C)CN=C=O. The molecule has 0 fully saturated rings. The van der Waals surface area contributed by atoms with Gasteiger partial charge in [-0.05, 0) is 38.8 Å². The predicted molar refractivity (Wildman–Crippen MR) is 118 cm³/mol. The molecule has 0 saturated carbocycles. The van der Waals surface area contributed by atoms with Crippen LogP contribution in [-0.4, -0.2) is 69.3 Å². The Morgan fingerprint density at radius 2 is 1.44 bits per heavy atom. The molecule has 0 aliphatic heterocycles. The fourth-order valence-corrected chi connectivity index (χ4v) is 3.42. The van der Waals surface area contributed by atoms with Gasteiger partial charge in [0.1, 0.15) is 0 Å². The van der Waals surface area contributed by atoms with Crippen molar-refractivity contribution in [2.45, 2.75) is 84.5 Å². The first-order valence-corrected chi connectivity index (χ1v) is 11.5. The quantitative estimate of drug-likeness (QED) is 0.132. The lowest BCUT2D eigenvalue weighted by molar-refractivity contribution is -0.890. The first-order valence-electron chi connectivity index (χ1n) is 11.5. The number of quaternary nitrogens is 1. The van der Waals surface area contributed by atoms with Crippen LogP contribution in [0.3, 0.4) is 0 Å². The van der Waals surface area contributed by atoms with Crippen molar-refractivity contribution >= 4 is 6.08 Å². The van der Waals surface area contributed by atoms with Crippen LogP contribution in [0.5, 0.6) is 0 Å². The molecule has 0 aliphatic rings. The minimum absolute atomic E-state index is 0.461. The van der Waals surface area contributed by atoms with E-state index in [0.717, 1.165) is 24.0 Å². The lowest BCUT2D eigenvalue weighted by Gasteiger charge is -2.32. The van der Waals surface area contributed by atoms with Crippen LogP contribution in [0.15, 0.2) is 4.99 Å². The third-order valence-corrected chi connectivity index (χ3v) is 5.68. The van der Waals surface area contributed by atoms with Gasteiger partial charge in [0, 0.05) is 6.54 Å². The standard InChI is InChI=1S/C23H48N3O/c1-6-7-8-9-10-11-12-13-14-15-19-26(4,5)20-18-25(3)17-16-23(2)21-24-22-27/h23H,6-21H2,1-5H3/q+1. The van der Waals surface area contributed by atoms with E-state index in [9.17, 15) is 4.79 Å². The van der Waals surface area contributed by atoms with Crippen molar-refractivity contribution in [2.24, 2.45) is 10.9 Å². The van der Waals surface area contributed by atoms with Crippen molar-refractivity contribution in [3.05, 3.63) is 0 Å². The van der Waals surface area contributed by atoms with Crippen molar-refractivity contribution in [2.75, 3.05) is 53.9 Å². The van der Waals surface area contributed by atoms with Gasteiger partial charge in [0.25, 0.3) is 0 Å². The third-order valence-electron chi connectivity index (χ3n) is 5.68. The highest BCUT2D eigenvalue weighted by molar-refractivity contribution is 5.32. The fraction of sp³-hybridized carbons (Fsp3) is 0.957. The molecular formula is C23H48N3O+. The summed E-state index contributed by atoms with van der Waals surface area (Å²) in [4.78, 5) is 16.3. The van der Waals surface area contributed by atoms with Crippen LogP contribution in [0.4, 0.5) is 0 Å². The smallest absolute Gasteiger partial charge is 0.234 e. The second kappa shape index (κ2) is 17.4. The van der Waals surface area contributed by atoms with Crippen LogP contribution >= 0.6 is 0 Å². The molecule has 0 aromatic rings. The van der Waals surface area contributed by atoms with Crippen molar-refractivity contribution < 1.29 is 9.28 Å². The summed E-state index contributed by atoms with van der Waals surface area (Å²) in [7, 11) is 6.93. The number of hydrogen-bond acceptors (Lipinski definition) is 3. The Kier molecular flexibility index (Phi) is 17.0. The van der Waals surface area contributed by atoms with E-state index >= 15 is 0 Å². The van der Waals surface area contributed by atoms with E-state index in [0.29, 0.717) is 12.5 Å². The van der Waals surface area contributed by atoms with Gasteiger partial charge < -0.3 is 9.38 Å². The molecule has 160 valence electrons. The number of carbonyl (C=O) groups excluding carboxylic acids is 1. The zero-order chi connectivity index (χ0) is 20.4. The molecule has 4 nitrogen and oxygen atoms in total. The Balaban J connectivity index is 3.62. The van der Waals surface area contributed by atoms with Crippen LogP contribution in [0.2, 0.25) is 0 Å². The summed E-state index contributed by atoms with van der Waals surface area (Å²) in [5, 5.41) is 0. The molecule has 27 heavy (non-hydrogen) atoms. The van der Waals surface area contributed by atoms with E-state index in [1.54, 1.807) is 6.08 Å². The molecular weight excluding hydrogens is 334 g/mol. The second-order valence-corrected chi connectivity index (χ2v) is 9.19. The van der Waals surface area contributed by atoms with Crippen LogP contribution in [0.25, 0.3) is 0 Å². The summed E-state index contributed by atoms with van der Waals surface area (Å²) in [6.45, 7) is 9.75. The normalized spacial score (nSPS) is 13.0. The van der Waals surface area contributed by atoms with E-state index in [4.69, 9.17) is 0 Å². The van der Waals surface area contributed by atoms with Crippen LogP contribution < -0.4 is 0 Å². The van der Waals surface area contributed by atoms with E-state index in [1.807, 2.05) is 0 Å². The third kappa shape index (κ3) is 18.4. The Morgan fingerprint density at radius 1 is 0.889 bits per heavy atom. The van der Waals surface area contributed by atoms with Gasteiger partial charge in [-0.1, -0.05) is 65.2 Å².